The van der Waals surface area contributed by atoms with E-state index in [2.05, 4.69) is 118 Å². The number of allylic oxidation sites excluding steroid dienone is 17. The van der Waals surface area contributed by atoms with Crippen molar-refractivity contribution in [3.05, 3.63) is 109 Å². The van der Waals surface area contributed by atoms with Gasteiger partial charge < -0.3 is 14.2 Å². The molecule has 0 saturated heterocycles. The summed E-state index contributed by atoms with van der Waals surface area (Å²) in [6.45, 7) is 6.29. The van der Waals surface area contributed by atoms with E-state index in [0.29, 0.717) is 12.8 Å². The third-order valence-electron chi connectivity index (χ3n) is 9.54. The highest BCUT2D eigenvalue weighted by Gasteiger charge is 2.19. The van der Waals surface area contributed by atoms with E-state index in [1.165, 1.54) is 70.6 Å². The van der Waals surface area contributed by atoms with Crippen LogP contribution < -0.4 is 0 Å². The normalized spacial score (nSPS) is 13.1. The number of carbonyl (C=O) groups is 3. The summed E-state index contributed by atoms with van der Waals surface area (Å²) in [6.07, 6.45) is 64.0. The van der Waals surface area contributed by atoms with E-state index in [0.717, 1.165) is 70.6 Å². The highest BCUT2D eigenvalue weighted by atomic mass is 16.6. The molecule has 0 fully saturated rings. The number of ether oxygens (including phenoxy) is 3. The van der Waals surface area contributed by atoms with Crippen LogP contribution in [-0.2, 0) is 28.6 Å². The van der Waals surface area contributed by atoms with Gasteiger partial charge in [0, 0.05) is 12.8 Å². The molecule has 0 aromatic rings. The minimum Gasteiger partial charge on any atom is -0.462 e. The first-order valence-electron chi connectivity index (χ1n) is 23.9. The lowest BCUT2D eigenvalue weighted by molar-refractivity contribution is -0.166. The topological polar surface area (TPSA) is 78.9 Å². The quantitative estimate of drug-likeness (QED) is 0.0201. The molecule has 1 unspecified atom stereocenters. The number of esters is 3. The van der Waals surface area contributed by atoms with Crippen molar-refractivity contribution in [1.29, 1.82) is 0 Å². The summed E-state index contributed by atoms with van der Waals surface area (Å²) in [4.78, 5) is 37.7. The molecule has 0 aliphatic heterocycles. The largest absolute Gasteiger partial charge is 0.462 e. The zero-order valence-electron chi connectivity index (χ0n) is 38.4. The van der Waals surface area contributed by atoms with Gasteiger partial charge in [0.25, 0.3) is 0 Å². The van der Waals surface area contributed by atoms with Crippen molar-refractivity contribution in [2.45, 2.75) is 200 Å². The van der Waals surface area contributed by atoms with Crippen molar-refractivity contribution in [1.82, 2.24) is 0 Å². The third kappa shape index (κ3) is 45.2. The molecule has 0 aliphatic carbocycles. The molecule has 0 rings (SSSR count). The zero-order chi connectivity index (χ0) is 43.7. The minimum absolute atomic E-state index is 0.116. The van der Waals surface area contributed by atoms with E-state index in [4.69, 9.17) is 14.2 Å². The van der Waals surface area contributed by atoms with E-state index < -0.39 is 12.1 Å². The Morgan fingerprint density at radius 1 is 0.383 bits per heavy atom. The highest BCUT2D eigenvalue weighted by Crippen LogP contribution is 2.11. The van der Waals surface area contributed by atoms with Gasteiger partial charge in [-0.25, -0.2) is 0 Å². The standard InChI is InChI=1S/C54H86O6/c1-4-7-10-13-16-19-21-23-25-27-29-30-32-35-38-41-44-47-53(56)59-50-51(49-58-52(55)46-43-40-37-34-18-15-12-9-6-3)60-54(57)48-45-42-39-36-33-31-28-26-24-22-20-17-14-11-8-5-2/h9,12,16,18-19,23,25-26,28-31,33-35,38,40,43,51H,4-8,10-11,13-15,17,20-22,24,27,32,36-37,39,41-42,44-50H2,1-3H3/b12-9-,19-16-,25-23-,28-26-,30-29-,33-31-,34-18-,38-35-,43-40-. The SMILES string of the molecule is CC/C=C\C/C=C\C/C=C\CC(=O)OCC(COC(=O)CCC/C=C\C/C=C\C/C=C\C/C=C\CCCCC)OC(=O)CCCCC/C=C\C=C/CCCCCCCCC. The molecule has 0 radical (unpaired) electrons. The third-order valence-corrected chi connectivity index (χ3v) is 9.54. The Balaban J connectivity index is 4.56. The van der Waals surface area contributed by atoms with Crippen LogP contribution in [0.15, 0.2) is 109 Å². The lowest BCUT2D eigenvalue weighted by Gasteiger charge is -2.18. The van der Waals surface area contributed by atoms with Crippen LogP contribution in [-0.4, -0.2) is 37.2 Å². The van der Waals surface area contributed by atoms with Crippen molar-refractivity contribution < 1.29 is 28.6 Å². The smallest absolute Gasteiger partial charge is 0.309 e. The lowest BCUT2D eigenvalue weighted by Crippen LogP contribution is -2.30. The van der Waals surface area contributed by atoms with Crippen LogP contribution in [0, 0.1) is 0 Å². The maximum Gasteiger partial charge on any atom is 0.309 e. The summed E-state index contributed by atoms with van der Waals surface area (Å²) in [5, 5.41) is 0. The molecule has 1 atom stereocenters. The molecule has 338 valence electrons. The molecule has 0 spiro atoms. The fourth-order valence-corrected chi connectivity index (χ4v) is 5.95. The number of rotatable bonds is 41. The van der Waals surface area contributed by atoms with Gasteiger partial charge >= 0.3 is 17.9 Å². The summed E-state index contributed by atoms with van der Waals surface area (Å²) in [5.74, 6) is -1.16. The summed E-state index contributed by atoms with van der Waals surface area (Å²) in [5.41, 5.74) is 0. The van der Waals surface area contributed by atoms with Crippen LogP contribution in [0.1, 0.15) is 194 Å². The first-order chi connectivity index (χ1) is 29.5. The first-order valence-corrected chi connectivity index (χ1v) is 23.9. The molecule has 60 heavy (non-hydrogen) atoms. The van der Waals surface area contributed by atoms with Crippen molar-refractivity contribution >= 4 is 17.9 Å². The Bertz CT molecular complexity index is 1280. The summed E-state index contributed by atoms with van der Waals surface area (Å²) in [6, 6.07) is 0. The van der Waals surface area contributed by atoms with Crippen LogP contribution in [0.3, 0.4) is 0 Å². The van der Waals surface area contributed by atoms with Crippen LogP contribution in [0.4, 0.5) is 0 Å². The Morgan fingerprint density at radius 2 is 0.783 bits per heavy atom. The Hall–Kier alpha value is -3.93. The first kappa shape index (κ1) is 56.1. The predicted octanol–water partition coefficient (Wildman–Crippen LogP) is 15.6. The Labute approximate surface area is 368 Å². The molecule has 0 heterocycles. The van der Waals surface area contributed by atoms with Crippen molar-refractivity contribution in [3.8, 4) is 0 Å². The van der Waals surface area contributed by atoms with Gasteiger partial charge in [-0.1, -0.05) is 188 Å². The number of hydrogen-bond donors (Lipinski definition) is 0. The van der Waals surface area contributed by atoms with Gasteiger partial charge in [-0.15, -0.1) is 0 Å². The second kappa shape index (κ2) is 47.7. The monoisotopic (exact) mass is 831 g/mol. The molecule has 6 heteroatoms. The highest BCUT2D eigenvalue weighted by molar-refractivity contribution is 5.72. The fraction of sp³-hybridized carbons (Fsp3) is 0.611. The van der Waals surface area contributed by atoms with Gasteiger partial charge in [0.1, 0.15) is 13.2 Å². The van der Waals surface area contributed by atoms with E-state index in [1.807, 2.05) is 6.08 Å². The molecule has 0 amide bonds. The van der Waals surface area contributed by atoms with Gasteiger partial charge in [0.15, 0.2) is 6.10 Å². The second-order valence-corrected chi connectivity index (χ2v) is 15.3. The molecular formula is C54H86O6. The lowest BCUT2D eigenvalue weighted by atomic mass is 10.1. The summed E-state index contributed by atoms with van der Waals surface area (Å²) < 4.78 is 16.5. The van der Waals surface area contributed by atoms with Gasteiger partial charge in [0.05, 0.1) is 6.42 Å². The van der Waals surface area contributed by atoms with Crippen LogP contribution in [0.5, 0.6) is 0 Å². The average Bonchev–Trinajstić information content (AvgIpc) is 3.24. The second-order valence-electron chi connectivity index (χ2n) is 15.3. The van der Waals surface area contributed by atoms with Crippen LogP contribution in [0.25, 0.3) is 0 Å². The predicted molar refractivity (Wildman–Crippen MR) is 256 cm³/mol. The number of unbranched alkanes of at least 4 members (excludes halogenated alkanes) is 14. The molecule has 0 N–H and O–H groups in total. The Kier molecular flexibility index (Phi) is 44.6. The molecule has 0 aliphatic rings. The molecular weight excluding hydrogens is 745 g/mol. The van der Waals surface area contributed by atoms with E-state index in [9.17, 15) is 14.4 Å². The van der Waals surface area contributed by atoms with Crippen LogP contribution >= 0.6 is 0 Å². The van der Waals surface area contributed by atoms with Gasteiger partial charge in [-0.3, -0.25) is 14.4 Å². The maximum atomic E-state index is 12.7. The fourth-order valence-electron chi connectivity index (χ4n) is 5.95. The van der Waals surface area contributed by atoms with Crippen molar-refractivity contribution in [2.24, 2.45) is 0 Å². The molecule has 0 aromatic carbocycles. The van der Waals surface area contributed by atoms with Gasteiger partial charge in [-0.2, -0.15) is 0 Å². The van der Waals surface area contributed by atoms with Gasteiger partial charge in [-0.05, 0) is 96.3 Å². The average molecular weight is 831 g/mol. The number of hydrogen-bond acceptors (Lipinski definition) is 6. The van der Waals surface area contributed by atoms with Gasteiger partial charge in [0.2, 0.25) is 0 Å². The zero-order valence-corrected chi connectivity index (χ0v) is 38.4. The maximum absolute atomic E-state index is 12.7. The summed E-state index contributed by atoms with van der Waals surface area (Å²) in [7, 11) is 0. The molecule has 6 nitrogen and oxygen atoms in total. The molecule has 0 aromatic heterocycles. The minimum atomic E-state index is -0.849. The van der Waals surface area contributed by atoms with E-state index in [-0.39, 0.29) is 44.4 Å². The van der Waals surface area contributed by atoms with Crippen LogP contribution in [0.2, 0.25) is 0 Å². The van der Waals surface area contributed by atoms with E-state index >= 15 is 0 Å². The molecule has 0 saturated carbocycles. The van der Waals surface area contributed by atoms with Crippen molar-refractivity contribution in [3.63, 3.8) is 0 Å². The van der Waals surface area contributed by atoms with E-state index in [1.54, 1.807) is 6.08 Å². The Morgan fingerprint density at radius 3 is 1.35 bits per heavy atom. The summed E-state index contributed by atoms with van der Waals surface area (Å²) >= 11 is 0. The van der Waals surface area contributed by atoms with Crippen molar-refractivity contribution in [2.75, 3.05) is 13.2 Å². The number of carbonyl (C=O) groups excluding carboxylic acids is 3. The molecule has 0 bridgehead atoms.